The van der Waals surface area contributed by atoms with E-state index >= 15 is 0 Å². The lowest BCUT2D eigenvalue weighted by Crippen LogP contribution is -2.21. The molecule has 1 aromatic heterocycles. The van der Waals surface area contributed by atoms with Gasteiger partial charge in [0.25, 0.3) is 5.56 Å². The van der Waals surface area contributed by atoms with Crippen molar-refractivity contribution in [3.8, 4) is 5.75 Å². The number of halogens is 4. The molecule has 8 heteroatoms. The van der Waals surface area contributed by atoms with E-state index in [1.807, 2.05) is 0 Å². The molecule has 0 fully saturated rings. The lowest BCUT2D eigenvalue weighted by atomic mass is 10.1. The number of alkyl halides is 3. The Morgan fingerprint density at radius 3 is 2.64 bits per heavy atom. The van der Waals surface area contributed by atoms with Gasteiger partial charge in [0.1, 0.15) is 5.82 Å². The Morgan fingerprint density at radius 2 is 1.96 bits per heavy atom. The van der Waals surface area contributed by atoms with E-state index < -0.39 is 23.1 Å². The third-order valence-electron chi connectivity index (χ3n) is 4.69. The number of aromatic nitrogens is 2. The van der Waals surface area contributed by atoms with Crippen LogP contribution in [0.3, 0.4) is 0 Å². The molecule has 28 heavy (non-hydrogen) atoms. The number of benzene rings is 2. The zero-order valence-corrected chi connectivity index (χ0v) is 14.7. The first-order valence-electron chi connectivity index (χ1n) is 8.44. The van der Waals surface area contributed by atoms with Crippen molar-refractivity contribution < 1.29 is 22.3 Å². The van der Waals surface area contributed by atoms with Crippen LogP contribution in [0.15, 0.2) is 41.2 Å². The highest BCUT2D eigenvalue weighted by molar-refractivity contribution is 5.85. The second-order valence-corrected chi connectivity index (χ2v) is 6.44. The fourth-order valence-corrected chi connectivity index (χ4v) is 3.30. The summed E-state index contributed by atoms with van der Waals surface area (Å²) in [5, 5.41) is 0.133. The maximum atomic E-state index is 13.9. The zero-order chi connectivity index (χ0) is 20.1. The van der Waals surface area contributed by atoms with Crippen LogP contribution in [0.2, 0.25) is 0 Å². The van der Waals surface area contributed by atoms with Crippen LogP contribution in [0.25, 0.3) is 22.6 Å². The predicted octanol–water partition coefficient (Wildman–Crippen LogP) is 4.51. The molecule has 4 nitrogen and oxygen atoms in total. The third kappa shape index (κ3) is 3.04. The van der Waals surface area contributed by atoms with Gasteiger partial charge in [-0.15, -0.1) is 0 Å². The quantitative estimate of drug-likeness (QED) is 0.605. The van der Waals surface area contributed by atoms with Crippen molar-refractivity contribution in [1.82, 2.24) is 9.55 Å². The molecular formula is C20H14F4N2O2. The lowest BCUT2D eigenvalue weighted by Gasteiger charge is -2.09. The van der Waals surface area contributed by atoms with E-state index in [4.69, 9.17) is 4.74 Å². The Bertz CT molecular complexity index is 1180. The van der Waals surface area contributed by atoms with Crippen LogP contribution >= 0.6 is 0 Å². The van der Waals surface area contributed by atoms with Crippen molar-refractivity contribution in [3.05, 3.63) is 69.5 Å². The van der Waals surface area contributed by atoms with Crippen molar-refractivity contribution in [2.45, 2.75) is 19.1 Å². The van der Waals surface area contributed by atoms with Gasteiger partial charge in [-0.25, -0.2) is 9.37 Å². The average molecular weight is 390 g/mol. The van der Waals surface area contributed by atoms with E-state index in [1.165, 1.54) is 23.8 Å². The second-order valence-electron chi connectivity index (χ2n) is 6.44. The summed E-state index contributed by atoms with van der Waals surface area (Å²) in [6.07, 6.45) is -2.38. The largest absolute Gasteiger partial charge is 0.494 e. The lowest BCUT2D eigenvalue weighted by molar-refractivity contribution is -0.137. The van der Waals surface area contributed by atoms with Gasteiger partial charge in [-0.2, -0.15) is 13.2 Å². The number of hydrogen-bond donors (Lipinski definition) is 0. The molecule has 4 rings (SSSR count). The Kier molecular flexibility index (Phi) is 4.21. The highest BCUT2D eigenvalue weighted by atomic mass is 19.4. The van der Waals surface area contributed by atoms with Crippen LogP contribution in [0, 0.1) is 5.82 Å². The molecule has 2 aromatic carbocycles. The van der Waals surface area contributed by atoms with Crippen LogP contribution < -0.4 is 10.3 Å². The van der Waals surface area contributed by atoms with Crippen molar-refractivity contribution in [2.24, 2.45) is 0 Å². The van der Waals surface area contributed by atoms with Gasteiger partial charge < -0.3 is 4.74 Å². The molecule has 0 aliphatic carbocycles. The molecule has 3 aromatic rings. The number of hydrogen-bond acceptors (Lipinski definition) is 3. The van der Waals surface area contributed by atoms with E-state index in [0.717, 1.165) is 18.2 Å². The summed E-state index contributed by atoms with van der Waals surface area (Å²) in [5.74, 6) is -0.129. The number of nitrogens with zero attached hydrogens (tertiary/aromatic N) is 2. The predicted molar refractivity (Wildman–Crippen MR) is 96.4 cm³/mol. The summed E-state index contributed by atoms with van der Waals surface area (Å²) in [7, 11) is 1.36. The van der Waals surface area contributed by atoms with Gasteiger partial charge in [-0.3, -0.25) is 9.36 Å². The molecule has 1 aliphatic heterocycles. The SMILES string of the molecule is COc1ccc(/C=C2\CCn3c2nc2cc(C(F)(F)F)ccc2c3=O)cc1F. The summed E-state index contributed by atoms with van der Waals surface area (Å²) in [6.45, 7) is 0.364. The van der Waals surface area contributed by atoms with Gasteiger partial charge in [0.2, 0.25) is 0 Å². The summed E-state index contributed by atoms with van der Waals surface area (Å²) in [5.41, 5.74) is -0.0726. The molecule has 0 N–H and O–H groups in total. The van der Waals surface area contributed by atoms with E-state index in [0.29, 0.717) is 29.9 Å². The summed E-state index contributed by atoms with van der Waals surface area (Å²) < 4.78 is 59.2. The van der Waals surface area contributed by atoms with Gasteiger partial charge in [0.05, 0.1) is 23.6 Å². The molecule has 0 bridgehead atoms. The van der Waals surface area contributed by atoms with Crippen LogP contribution in [0.5, 0.6) is 5.75 Å². The van der Waals surface area contributed by atoms with Gasteiger partial charge in [0, 0.05) is 6.54 Å². The summed E-state index contributed by atoms with van der Waals surface area (Å²) >= 11 is 0. The maximum absolute atomic E-state index is 13.9. The Morgan fingerprint density at radius 1 is 1.18 bits per heavy atom. The number of ether oxygens (including phenoxy) is 1. The first-order valence-corrected chi connectivity index (χ1v) is 8.44. The fourth-order valence-electron chi connectivity index (χ4n) is 3.30. The van der Waals surface area contributed by atoms with Crippen molar-refractivity contribution in [2.75, 3.05) is 7.11 Å². The highest BCUT2D eigenvalue weighted by Crippen LogP contribution is 2.32. The third-order valence-corrected chi connectivity index (χ3v) is 4.69. The molecular weight excluding hydrogens is 376 g/mol. The molecule has 0 saturated carbocycles. The fraction of sp³-hybridized carbons (Fsp3) is 0.200. The van der Waals surface area contributed by atoms with Crippen molar-refractivity contribution >= 4 is 22.6 Å². The zero-order valence-electron chi connectivity index (χ0n) is 14.7. The average Bonchev–Trinajstić information content (AvgIpc) is 3.04. The first kappa shape index (κ1) is 18.2. The number of methoxy groups -OCH3 is 1. The standard InChI is InChI=1S/C20H14F4N2O2/c1-28-17-5-2-11(9-15(17)21)8-12-6-7-26-18(12)25-16-10-13(20(22,23)24)3-4-14(16)19(26)27/h2-5,8-10H,6-7H2,1H3/b12-8+. The van der Waals surface area contributed by atoms with Gasteiger partial charge in [0.15, 0.2) is 11.6 Å². The molecule has 1 aliphatic rings. The van der Waals surface area contributed by atoms with E-state index in [9.17, 15) is 22.4 Å². The minimum absolute atomic E-state index is 0.0141. The molecule has 0 radical (unpaired) electrons. The van der Waals surface area contributed by atoms with Gasteiger partial charge >= 0.3 is 6.18 Å². The van der Waals surface area contributed by atoms with E-state index in [1.54, 1.807) is 12.1 Å². The van der Waals surface area contributed by atoms with E-state index in [-0.39, 0.29) is 16.7 Å². The molecule has 0 unspecified atom stereocenters. The normalized spacial score (nSPS) is 15.2. The Balaban J connectivity index is 1.84. The molecule has 0 atom stereocenters. The van der Waals surface area contributed by atoms with Crippen LogP contribution in [-0.2, 0) is 12.7 Å². The molecule has 2 heterocycles. The molecule has 0 spiro atoms. The van der Waals surface area contributed by atoms with E-state index in [2.05, 4.69) is 4.98 Å². The minimum Gasteiger partial charge on any atom is -0.494 e. The van der Waals surface area contributed by atoms with Crippen LogP contribution in [0.4, 0.5) is 17.6 Å². The number of rotatable bonds is 2. The minimum atomic E-state index is -4.52. The Hall–Kier alpha value is -3.16. The second kappa shape index (κ2) is 6.47. The molecule has 0 amide bonds. The van der Waals surface area contributed by atoms with Gasteiger partial charge in [-0.1, -0.05) is 6.07 Å². The first-order chi connectivity index (χ1) is 13.3. The summed E-state index contributed by atoms with van der Waals surface area (Å²) in [6, 6.07) is 7.33. The van der Waals surface area contributed by atoms with Crippen molar-refractivity contribution in [3.63, 3.8) is 0 Å². The van der Waals surface area contributed by atoms with Crippen LogP contribution in [-0.4, -0.2) is 16.7 Å². The van der Waals surface area contributed by atoms with Crippen molar-refractivity contribution in [1.29, 1.82) is 0 Å². The topological polar surface area (TPSA) is 44.1 Å². The molecule has 0 saturated heterocycles. The number of allylic oxidation sites excluding steroid dienone is 1. The monoisotopic (exact) mass is 390 g/mol. The molecule has 144 valence electrons. The smallest absolute Gasteiger partial charge is 0.416 e. The summed E-state index contributed by atoms with van der Waals surface area (Å²) in [4.78, 5) is 17.0. The maximum Gasteiger partial charge on any atom is 0.416 e. The Labute approximate surface area is 156 Å². The number of fused-ring (bicyclic) bond motifs is 2. The highest BCUT2D eigenvalue weighted by Gasteiger charge is 2.31. The van der Waals surface area contributed by atoms with Crippen LogP contribution in [0.1, 0.15) is 23.4 Å². The van der Waals surface area contributed by atoms with Gasteiger partial charge in [-0.05, 0) is 54.0 Å².